The lowest BCUT2D eigenvalue weighted by molar-refractivity contribution is -0.385. The SMILES string of the molecule is O=[N+]([O-])c1ccc(N/N=C\c2cccnc2)c(S(=O)(=O)Nc2ccccc2Cl)c1. The van der Waals surface area contributed by atoms with Gasteiger partial charge in [0.15, 0.2) is 0 Å². The molecule has 0 aliphatic carbocycles. The van der Waals surface area contributed by atoms with Gasteiger partial charge in [0.1, 0.15) is 4.90 Å². The molecule has 9 nitrogen and oxygen atoms in total. The predicted molar refractivity (Wildman–Crippen MR) is 111 cm³/mol. The molecule has 0 bridgehead atoms. The Morgan fingerprint density at radius 3 is 2.59 bits per heavy atom. The summed E-state index contributed by atoms with van der Waals surface area (Å²) in [5, 5.41) is 15.3. The van der Waals surface area contributed by atoms with Gasteiger partial charge in [0.05, 0.1) is 27.5 Å². The number of pyridine rings is 1. The van der Waals surface area contributed by atoms with Crippen LogP contribution in [0.15, 0.2) is 77.0 Å². The summed E-state index contributed by atoms with van der Waals surface area (Å²) in [4.78, 5) is 14.0. The van der Waals surface area contributed by atoms with Crippen molar-refractivity contribution in [2.75, 3.05) is 10.1 Å². The lowest BCUT2D eigenvalue weighted by Crippen LogP contribution is -2.15. The summed E-state index contributed by atoms with van der Waals surface area (Å²) in [6.45, 7) is 0. The van der Waals surface area contributed by atoms with E-state index < -0.39 is 14.9 Å². The molecule has 3 rings (SSSR count). The first-order valence-electron chi connectivity index (χ1n) is 8.12. The molecule has 1 heterocycles. The molecule has 0 aliphatic heterocycles. The largest absolute Gasteiger partial charge is 0.278 e. The Morgan fingerprint density at radius 1 is 1.10 bits per heavy atom. The minimum absolute atomic E-state index is 0.0512. The van der Waals surface area contributed by atoms with Crippen molar-refractivity contribution in [2.45, 2.75) is 4.90 Å². The normalized spacial score (nSPS) is 11.3. The van der Waals surface area contributed by atoms with Crippen molar-refractivity contribution in [3.05, 3.63) is 87.7 Å². The lowest BCUT2D eigenvalue weighted by Gasteiger charge is -2.12. The van der Waals surface area contributed by atoms with Crippen LogP contribution in [-0.2, 0) is 10.0 Å². The summed E-state index contributed by atoms with van der Waals surface area (Å²) in [6, 6.07) is 13.1. The number of anilines is 2. The molecule has 0 saturated carbocycles. The van der Waals surface area contributed by atoms with Crippen molar-refractivity contribution < 1.29 is 13.3 Å². The lowest BCUT2D eigenvalue weighted by atomic mass is 10.3. The van der Waals surface area contributed by atoms with E-state index in [-0.39, 0.29) is 27.0 Å². The minimum atomic E-state index is -4.21. The average molecular weight is 432 g/mol. The highest BCUT2D eigenvalue weighted by Crippen LogP contribution is 2.30. The molecular formula is C18H14ClN5O4S. The number of para-hydroxylation sites is 1. The van der Waals surface area contributed by atoms with E-state index in [4.69, 9.17) is 11.6 Å². The fourth-order valence-corrected chi connectivity index (χ4v) is 3.81. The zero-order valence-electron chi connectivity index (χ0n) is 14.7. The van der Waals surface area contributed by atoms with Crippen LogP contribution in [-0.4, -0.2) is 24.5 Å². The fraction of sp³-hybridized carbons (Fsp3) is 0. The molecule has 3 aromatic rings. The Bertz CT molecular complexity index is 1170. The first kappa shape index (κ1) is 20.2. The second-order valence-corrected chi connectivity index (χ2v) is 7.74. The van der Waals surface area contributed by atoms with Gasteiger partial charge in [-0.3, -0.25) is 25.2 Å². The molecule has 148 valence electrons. The Balaban J connectivity index is 1.96. The maximum atomic E-state index is 12.9. The van der Waals surface area contributed by atoms with Gasteiger partial charge in [-0.05, 0) is 24.3 Å². The van der Waals surface area contributed by atoms with Crippen LogP contribution in [0.3, 0.4) is 0 Å². The quantitative estimate of drug-likeness (QED) is 0.332. The van der Waals surface area contributed by atoms with E-state index in [1.807, 2.05) is 0 Å². The number of sulfonamides is 1. The van der Waals surface area contributed by atoms with Gasteiger partial charge in [-0.25, -0.2) is 8.42 Å². The highest BCUT2D eigenvalue weighted by atomic mass is 35.5. The van der Waals surface area contributed by atoms with Crippen molar-refractivity contribution in [3.63, 3.8) is 0 Å². The topological polar surface area (TPSA) is 127 Å². The van der Waals surface area contributed by atoms with Gasteiger partial charge >= 0.3 is 0 Å². The molecule has 1 aromatic heterocycles. The number of nitro benzene ring substituents is 1. The number of hydrogen-bond acceptors (Lipinski definition) is 7. The van der Waals surface area contributed by atoms with Gasteiger partial charge < -0.3 is 0 Å². The van der Waals surface area contributed by atoms with Gasteiger partial charge in [-0.15, -0.1) is 0 Å². The van der Waals surface area contributed by atoms with Gasteiger partial charge in [-0.1, -0.05) is 29.8 Å². The van der Waals surface area contributed by atoms with Crippen LogP contribution in [0.5, 0.6) is 0 Å². The molecule has 0 radical (unpaired) electrons. The third-order valence-electron chi connectivity index (χ3n) is 3.67. The van der Waals surface area contributed by atoms with Crippen molar-refractivity contribution in [2.24, 2.45) is 5.10 Å². The number of nitrogens with one attached hydrogen (secondary N) is 2. The van der Waals surface area contributed by atoms with E-state index >= 15 is 0 Å². The minimum Gasteiger partial charge on any atom is -0.278 e. The monoisotopic (exact) mass is 431 g/mol. The van der Waals surface area contributed by atoms with Crippen LogP contribution >= 0.6 is 11.6 Å². The number of nitro groups is 1. The first-order valence-corrected chi connectivity index (χ1v) is 9.98. The van der Waals surface area contributed by atoms with Crippen molar-refractivity contribution in [1.29, 1.82) is 0 Å². The van der Waals surface area contributed by atoms with Crippen LogP contribution in [0.2, 0.25) is 5.02 Å². The molecule has 2 N–H and O–H groups in total. The first-order chi connectivity index (χ1) is 13.9. The van der Waals surface area contributed by atoms with E-state index in [2.05, 4.69) is 20.2 Å². The van der Waals surface area contributed by atoms with Crippen molar-refractivity contribution in [3.8, 4) is 0 Å². The Morgan fingerprint density at radius 2 is 1.90 bits per heavy atom. The maximum Gasteiger partial charge on any atom is 0.270 e. The van der Waals surface area contributed by atoms with E-state index in [0.717, 1.165) is 6.07 Å². The third-order valence-corrected chi connectivity index (χ3v) is 5.40. The molecule has 29 heavy (non-hydrogen) atoms. The molecule has 0 unspecified atom stereocenters. The Kier molecular flexibility index (Phi) is 6.05. The van der Waals surface area contributed by atoms with E-state index in [9.17, 15) is 18.5 Å². The summed E-state index contributed by atoms with van der Waals surface area (Å²) in [5.41, 5.74) is 3.09. The zero-order chi connectivity index (χ0) is 20.9. The van der Waals surface area contributed by atoms with Crippen molar-refractivity contribution >= 4 is 44.9 Å². The van der Waals surface area contributed by atoms with Gasteiger partial charge in [0.2, 0.25) is 0 Å². The third kappa shape index (κ3) is 5.06. The number of halogens is 1. The van der Waals surface area contributed by atoms with E-state index in [1.165, 1.54) is 30.5 Å². The second-order valence-electron chi connectivity index (χ2n) is 5.68. The van der Waals surface area contributed by atoms with Gasteiger partial charge in [-0.2, -0.15) is 5.10 Å². The van der Waals surface area contributed by atoms with Crippen LogP contribution in [0, 0.1) is 10.1 Å². The summed E-state index contributed by atoms with van der Waals surface area (Å²) in [7, 11) is -4.21. The summed E-state index contributed by atoms with van der Waals surface area (Å²) in [5.74, 6) is 0. The smallest absolute Gasteiger partial charge is 0.270 e. The number of rotatable bonds is 7. The number of aromatic nitrogens is 1. The van der Waals surface area contributed by atoms with Crippen LogP contribution in [0.1, 0.15) is 5.56 Å². The standard InChI is InChI=1S/C18H14ClN5O4S/c19-15-5-1-2-6-16(15)23-29(27,28)18-10-14(24(25)26)7-8-17(18)22-21-12-13-4-3-9-20-11-13/h1-12,22-23H/b21-12-. The predicted octanol–water partition coefficient (Wildman–Crippen LogP) is 3.89. The Hall–Kier alpha value is -3.50. The summed E-state index contributed by atoms with van der Waals surface area (Å²) < 4.78 is 28.1. The zero-order valence-corrected chi connectivity index (χ0v) is 16.3. The molecule has 0 amide bonds. The molecule has 2 aromatic carbocycles. The highest BCUT2D eigenvalue weighted by Gasteiger charge is 2.23. The van der Waals surface area contributed by atoms with Crippen molar-refractivity contribution in [1.82, 2.24) is 4.98 Å². The number of hydrazone groups is 1. The van der Waals surface area contributed by atoms with Crippen LogP contribution in [0.25, 0.3) is 0 Å². The molecule has 0 saturated heterocycles. The highest BCUT2D eigenvalue weighted by molar-refractivity contribution is 7.93. The van der Waals surface area contributed by atoms with Gasteiger partial charge in [0.25, 0.3) is 15.7 Å². The molecular weight excluding hydrogens is 418 g/mol. The molecule has 0 spiro atoms. The number of nitrogens with zero attached hydrogens (tertiary/aromatic N) is 3. The van der Waals surface area contributed by atoms with E-state index in [1.54, 1.807) is 36.7 Å². The van der Waals surface area contributed by atoms with Gasteiger partial charge in [0, 0.05) is 30.1 Å². The molecule has 0 aliphatic rings. The van der Waals surface area contributed by atoms with E-state index in [0.29, 0.717) is 5.56 Å². The average Bonchev–Trinajstić information content (AvgIpc) is 2.70. The fourth-order valence-electron chi connectivity index (χ4n) is 2.31. The number of hydrogen-bond donors (Lipinski definition) is 2. The molecule has 11 heteroatoms. The number of non-ortho nitro benzene ring substituents is 1. The maximum absolute atomic E-state index is 12.9. The Labute approximate surface area is 171 Å². The van der Waals surface area contributed by atoms with Crippen LogP contribution < -0.4 is 10.1 Å². The summed E-state index contributed by atoms with van der Waals surface area (Å²) >= 11 is 6.01. The molecule has 0 fully saturated rings. The number of benzene rings is 2. The second kappa shape index (κ2) is 8.67. The van der Waals surface area contributed by atoms with Crippen LogP contribution in [0.4, 0.5) is 17.1 Å². The molecule has 0 atom stereocenters. The summed E-state index contributed by atoms with van der Waals surface area (Å²) in [6.07, 6.45) is 4.61.